The van der Waals surface area contributed by atoms with Crippen molar-refractivity contribution in [2.75, 3.05) is 20.3 Å². The fraction of sp³-hybridized carbons (Fsp3) is 0.938. The predicted molar refractivity (Wildman–Crippen MR) is 78.5 cm³/mol. The average Bonchev–Trinajstić information content (AvgIpc) is 3.14. The molecule has 1 saturated carbocycles. The molecule has 2 atom stereocenters. The summed E-state index contributed by atoms with van der Waals surface area (Å²) < 4.78 is 5.16. The number of amides is 1. The third-order valence-electron chi connectivity index (χ3n) is 5.50. The van der Waals surface area contributed by atoms with Crippen molar-refractivity contribution in [3.8, 4) is 0 Å². The van der Waals surface area contributed by atoms with Gasteiger partial charge in [-0.25, -0.2) is 0 Å². The second kappa shape index (κ2) is 6.02. The maximum atomic E-state index is 12.1. The Bertz CT molecular complexity index is 342. The van der Waals surface area contributed by atoms with Gasteiger partial charge in [0.25, 0.3) is 0 Å². The summed E-state index contributed by atoms with van der Waals surface area (Å²) >= 11 is 0. The van der Waals surface area contributed by atoms with Crippen LogP contribution in [0.25, 0.3) is 0 Å². The van der Waals surface area contributed by atoms with Crippen molar-refractivity contribution in [2.24, 2.45) is 11.3 Å². The first-order valence-corrected chi connectivity index (χ1v) is 8.21. The summed E-state index contributed by atoms with van der Waals surface area (Å²) in [4.78, 5) is 12.1. The number of carbonyl (C=O) groups is 1. The molecule has 2 aliphatic heterocycles. The molecule has 1 amide bonds. The standard InChI is InChI=1S/C16H28N2O2/c1-20-7-6-16(4-5-16)11-17-15(19)10-12-8-13-2-3-14(9-12)18-13/h12-14,18H,2-11H2,1H3,(H,17,19). The van der Waals surface area contributed by atoms with E-state index in [1.54, 1.807) is 7.11 Å². The highest BCUT2D eigenvalue weighted by Crippen LogP contribution is 2.48. The van der Waals surface area contributed by atoms with Crippen molar-refractivity contribution in [2.45, 2.75) is 63.5 Å². The van der Waals surface area contributed by atoms with Crippen LogP contribution in [0.5, 0.6) is 0 Å². The maximum Gasteiger partial charge on any atom is 0.220 e. The van der Waals surface area contributed by atoms with Gasteiger partial charge in [-0.3, -0.25) is 4.79 Å². The first-order valence-electron chi connectivity index (χ1n) is 8.21. The van der Waals surface area contributed by atoms with Gasteiger partial charge in [0.2, 0.25) is 5.91 Å². The predicted octanol–water partition coefficient (Wildman–Crippen LogP) is 1.84. The van der Waals surface area contributed by atoms with Gasteiger partial charge in [-0.2, -0.15) is 0 Å². The van der Waals surface area contributed by atoms with Crippen molar-refractivity contribution in [3.63, 3.8) is 0 Å². The second-order valence-electron chi connectivity index (χ2n) is 7.20. The van der Waals surface area contributed by atoms with Crippen LogP contribution in [0.1, 0.15) is 51.4 Å². The molecule has 2 bridgehead atoms. The minimum atomic E-state index is 0.264. The molecule has 20 heavy (non-hydrogen) atoms. The highest BCUT2D eigenvalue weighted by Gasteiger charge is 2.42. The van der Waals surface area contributed by atoms with Crippen LogP contribution in [0.3, 0.4) is 0 Å². The Morgan fingerprint density at radius 2 is 2.00 bits per heavy atom. The van der Waals surface area contributed by atoms with Gasteiger partial charge in [-0.1, -0.05) is 0 Å². The summed E-state index contributed by atoms with van der Waals surface area (Å²) in [7, 11) is 1.75. The van der Waals surface area contributed by atoms with E-state index >= 15 is 0 Å². The van der Waals surface area contributed by atoms with Crippen molar-refractivity contribution in [3.05, 3.63) is 0 Å². The molecule has 3 aliphatic rings. The first-order chi connectivity index (χ1) is 9.69. The maximum absolute atomic E-state index is 12.1. The largest absolute Gasteiger partial charge is 0.385 e. The zero-order valence-corrected chi connectivity index (χ0v) is 12.6. The minimum Gasteiger partial charge on any atom is -0.385 e. The van der Waals surface area contributed by atoms with E-state index in [-0.39, 0.29) is 5.91 Å². The SMILES string of the molecule is COCCC1(CNC(=O)CC2CC3CCC(C2)N3)CC1. The summed E-state index contributed by atoms with van der Waals surface area (Å²) in [5.74, 6) is 0.864. The van der Waals surface area contributed by atoms with Crippen LogP contribution in [0.15, 0.2) is 0 Å². The van der Waals surface area contributed by atoms with E-state index < -0.39 is 0 Å². The lowest BCUT2D eigenvalue weighted by molar-refractivity contribution is -0.122. The third kappa shape index (κ3) is 3.53. The number of hydrogen-bond donors (Lipinski definition) is 2. The van der Waals surface area contributed by atoms with Gasteiger partial charge in [0, 0.05) is 38.8 Å². The van der Waals surface area contributed by atoms with Crippen molar-refractivity contribution >= 4 is 5.91 Å². The van der Waals surface area contributed by atoms with Crippen LogP contribution in [0.4, 0.5) is 0 Å². The summed E-state index contributed by atoms with van der Waals surface area (Å²) in [6.07, 6.45) is 9.31. The molecule has 2 N–H and O–H groups in total. The van der Waals surface area contributed by atoms with Crippen LogP contribution in [0.2, 0.25) is 0 Å². The van der Waals surface area contributed by atoms with E-state index in [4.69, 9.17) is 4.74 Å². The topological polar surface area (TPSA) is 50.4 Å². The number of ether oxygens (including phenoxy) is 1. The number of rotatable bonds is 7. The van der Waals surface area contributed by atoms with E-state index in [9.17, 15) is 4.79 Å². The van der Waals surface area contributed by atoms with Crippen molar-refractivity contribution < 1.29 is 9.53 Å². The quantitative estimate of drug-likeness (QED) is 0.748. The molecule has 3 rings (SSSR count). The molecule has 0 aromatic heterocycles. The smallest absolute Gasteiger partial charge is 0.220 e. The fourth-order valence-electron chi connectivity index (χ4n) is 3.97. The Kier molecular flexibility index (Phi) is 4.32. The number of hydrogen-bond acceptors (Lipinski definition) is 3. The molecule has 4 nitrogen and oxygen atoms in total. The van der Waals surface area contributed by atoms with Crippen LogP contribution >= 0.6 is 0 Å². The van der Waals surface area contributed by atoms with Gasteiger partial charge >= 0.3 is 0 Å². The first kappa shape index (κ1) is 14.3. The number of nitrogens with one attached hydrogen (secondary N) is 2. The average molecular weight is 280 g/mol. The van der Waals surface area contributed by atoms with Crippen LogP contribution in [-0.4, -0.2) is 38.3 Å². The molecule has 2 unspecified atom stereocenters. The van der Waals surface area contributed by atoms with E-state index in [0.717, 1.165) is 26.0 Å². The zero-order chi connectivity index (χ0) is 14.0. The Hall–Kier alpha value is -0.610. The van der Waals surface area contributed by atoms with Crippen molar-refractivity contribution in [1.82, 2.24) is 10.6 Å². The highest BCUT2D eigenvalue weighted by atomic mass is 16.5. The molecule has 114 valence electrons. The Labute approximate surface area is 122 Å². The van der Waals surface area contributed by atoms with Gasteiger partial charge < -0.3 is 15.4 Å². The fourth-order valence-corrected chi connectivity index (χ4v) is 3.97. The van der Waals surface area contributed by atoms with E-state index in [0.29, 0.717) is 23.4 Å². The third-order valence-corrected chi connectivity index (χ3v) is 5.50. The van der Waals surface area contributed by atoms with Gasteiger partial charge in [-0.15, -0.1) is 0 Å². The molecular formula is C16H28N2O2. The highest BCUT2D eigenvalue weighted by molar-refractivity contribution is 5.76. The zero-order valence-electron chi connectivity index (χ0n) is 12.6. The lowest BCUT2D eigenvalue weighted by Gasteiger charge is -2.28. The van der Waals surface area contributed by atoms with E-state index in [1.165, 1.54) is 38.5 Å². The normalized spacial score (nSPS) is 34.0. The van der Waals surface area contributed by atoms with Gasteiger partial charge in [0.15, 0.2) is 0 Å². The van der Waals surface area contributed by atoms with Gasteiger partial charge in [0.05, 0.1) is 0 Å². The minimum absolute atomic E-state index is 0.264. The molecule has 2 heterocycles. The number of carbonyl (C=O) groups excluding carboxylic acids is 1. The number of fused-ring (bicyclic) bond motifs is 2. The molecule has 1 aliphatic carbocycles. The van der Waals surface area contributed by atoms with E-state index in [2.05, 4.69) is 10.6 Å². The molecule has 4 heteroatoms. The molecule has 3 fully saturated rings. The number of methoxy groups -OCH3 is 1. The molecule has 0 radical (unpaired) electrons. The van der Waals surface area contributed by atoms with E-state index in [1.807, 2.05) is 0 Å². The Balaban J connectivity index is 1.37. The van der Waals surface area contributed by atoms with Gasteiger partial charge in [0.1, 0.15) is 0 Å². The summed E-state index contributed by atoms with van der Waals surface area (Å²) in [6.45, 7) is 1.67. The molecule has 2 saturated heterocycles. The number of piperidine rings is 1. The molecule has 0 aromatic carbocycles. The van der Waals surface area contributed by atoms with Crippen LogP contribution < -0.4 is 10.6 Å². The molecular weight excluding hydrogens is 252 g/mol. The monoisotopic (exact) mass is 280 g/mol. The molecule has 0 spiro atoms. The Morgan fingerprint density at radius 3 is 2.60 bits per heavy atom. The van der Waals surface area contributed by atoms with Gasteiger partial charge in [-0.05, 0) is 56.3 Å². The Morgan fingerprint density at radius 1 is 1.30 bits per heavy atom. The van der Waals surface area contributed by atoms with Crippen LogP contribution in [-0.2, 0) is 9.53 Å². The molecule has 0 aromatic rings. The van der Waals surface area contributed by atoms with Crippen LogP contribution in [0, 0.1) is 11.3 Å². The summed E-state index contributed by atoms with van der Waals surface area (Å²) in [6, 6.07) is 1.37. The summed E-state index contributed by atoms with van der Waals surface area (Å²) in [5.41, 5.74) is 0.360. The lowest BCUT2D eigenvalue weighted by atomic mass is 9.89. The second-order valence-corrected chi connectivity index (χ2v) is 7.20. The van der Waals surface area contributed by atoms with Crippen molar-refractivity contribution in [1.29, 1.82) is 0 Å². The summed E-state index contributed by atoms with van der Waals surface area (Å²) in [5, 5.41) is 6.81. The lowest BCUT2D eigenvalue weighted by Crippen LogP contribution is -2.40.